The molecule has 0 spiro atoms. The number of hydrogen-bond acceptors (Lipinski definition) is 4. The molecule has 9 heteroatoms. The molecule has 0 saturated heterocycles. The summed E-state index contributed by atoms with van der Waals surface area (Å²) in [5.74, 6) is 0.274. The van der Waals surface area contributed by atoms with Gasteiger partial charge in [0, 0.05) is 60.3 Å². The second kappa shape index (κ2) is 11.0. The van der Waals surface area contributed by atoms with Crippen LogP contribution in [-0.4, -0.2) is 39.6 Å². The molecule has 1 amide bonds. The van der Waals surface area contributed by atoms with Crippen LogP contribution in [0.25, 0.3) is 17.0 Å². The maximum Gasteiger partial charge on any atom is 0.267 e. The lowest BCUT2D eigenvalue weighted by molar-refractivity contribution is -0.124. The van der Waals surface area contributed by atoms with Crippen LogP contribution in [0, 0.1) is 0 Å². The molecule has 0 bridgehead atoms. The van der Waals surface area contributed by atoms with Gasteiger partial charge in [0.25, 0.3) is 5.91 Å². The third-order valence-electron chi connectivity index (χ3n) is 7.04. The summed E-state index contributed by atoms with van der Waals surface area (Å²) in [5.41, 5.74) is 8.28. The maximum absolute atomic E-state index is 11.4. The van der Waals surface area contributed by atoms with Gasteiger partial charge in [0.05, 0.1) is 17.2 Å². The first-order valence-corrected chi connectivity index (χ1v) is 12.9. The Morgan fingerprint density at radius 2 is 2.08 bits per heavy atom. The first-order valence-electron chi connectivity index (χ1n) is 12.1. The van der Waals surface area contributed by atoms with Crippen molar-refractivity contribution in [3.05, 3.63) is 92.9 Å². The number of methoxy groups -OCH3 is 1. The summed E-state index contributed by atoms with van der Waals surface area (Å²) in [4.78, 5) is 20.4. The lowest BCUT2D eigenvalue weighted by Crippen LogP contribution is -2.29. The van der Waals surface area contributed by atoms with Crippen LogP contribution >= 0.6 is 23.2 Å². The lowest BCUT2D eigenvalue weighted by atomic mass is 10.0. The second-order valence-electron chi connectivity index (χ2n) is 9.20. The summed E-state index contributed by atoms with van der Waals surface area (Å²) in [5, 5.41) is 11.0. The molecule has 4 aromatic rings. The van der Waals surface area contributed by atoms with E-state index in [4.69, 9.17) is 33.1 Å². The van der Waals surface area contributed by atoms with E-state index in [9.17, 15) is 4.79 Å². The van der Waals surface area contributed by atoms with E-state index in [0.29, 0.717) is 16.6 Å². The average Bonchev–Trinajstić information content (AvgIpc) is 3.62. The normalized spacial score (nSPS) is 15.1. The van der Waals surface area contributed by atoms with Crippen molar-refractivity contribution in [2.75, 3.05) is 13.7 Å². The number of fused-ring (bicyclic) bond motifs is 2. The van der Waals surface area contributed by atoms with Crippen molar-refractivity contribution in [3.8, 4) is 5.75 Å². The highest BCUT2D eigenvalue weighted by Gasteiger charge is 2.29. The zero-order valence-electron chi connectivity index (χ0n) is 20.4. The fraction of sp³-hybridized carbons (Fsp3) is 0.250. The fourth-order valence-electron chi connectivity index (χ4n) is 5.15. The van der Waals surface area contributed by atoms with Gasteiger partial charge in [-0.1, -0.05) is 41.4 Å². The number of carbonyl (C=O) groups is 1. The zero-order chi connectivity index (χ0) is 25.9. The molecular weight excluding hydrogens is 511 g/mol. The Morgan fingerprint density at radius 1 is 1.22 bits per heavy atom. The van der Waals surface area contributed by atoms with Gasteiger partial charge in [-0.3, -0.25) is 14.9 Å². The number of amides is 1. The summed E-state index contributed by atoms with van der Waals surface area (Å²) in [6.45, 7) is 1.47. The number of benzene rings is 2. The Balaban J connectivity index is 1.40. The zero-order valence-corrected chi connectivity index (χ0v) is 21.9. The number of aryl methyl sites for hydroxylation is 1. The molecule has 1 aliphatic rings. The van der Waals surface area contributed by atoms with E-state index < -0.39 is 5.91 Å². The smallest absolute Gasteiger partial charge is 0.267 e. The number of carbonyl (C=O) groups excluding carboxylic acids is 1. The number of ether oxygens (including phenoxy) is 1. The summed E-state index contributed by atoms with van der Waals surface area (Å²) in [7, 11) is 1.67. The maximum atomic E-state index is 11.4. The van der Waals surface area contributed by atoms with E-state index in [1.54, 1.807) is 24.9 Å². The van der Waals surface area contributed by atoms with Crippen molar-refractivity contribution in [1.82, 2.24) is 20.3 Å². The van der Waals surface area contributed by atoms with Crippen molar-refractivity contribution in [1.29, 1.82) is 0 Å². The average molecular weight is 539 g/mol. The van der Waals surface area contributed by atoms with E-state index >= 15 is 0 Å². The standard InChI is InChI=1S/C28H28Cl2N4O3/c1-37-20-5-7-21-19(14-31-24(21)13-20)10-11-34(16-25-28(30)23(29)15-32-25)26-8-4-18-12-17(2-6-22(18)26)3-9-27(35)33-36/h2-3,5-7,9,12-15,26,31-32,36H,4,8,10-11,16H2,1H3,(H,33,35). The van der Waals surface area contributed by atoms with Crippen LogP contribution in [0.2, 0.25) is 10.0 Å². The monoisotopic (exact) mass is 538 g/mol. The minimum absolute atomic E-state index is 0.220. The van der Waals surface area contributed by atoms with Crippen LogP contribution in [-0.2, 0) is 24.2 Å². The number of aromatic amines is 2. The Labute approximate surface area is 225 Å². The van der Waals surface area contributed by atoms with Gasteiger partial charge < -0.3 is 14.7 Å². The fourth-order valence-corrected chi connectivity index (χ4v) is 5.49. The van der Waals surface area contributed by atoms with Gasteiger partial charge in [0.15, 0.2) is 0 Å². The molecule has 0 radical (unpaired) electrons. The number of rotatable bonds is 9. The minimum Gasteiger partial charge on any atom is -0.497 e. The highest BCUT2D eigenvalue weighted by atomic mass is 35.5. The van der Waals surface area contributed by atoms with Crippen LogP contribution in [0.15, 0.2) is 54.9 Å². The Morgan fingerprint density at radius 3 is 2.84 bits per heavy atom. The number of hydrogen-bond donors (Lipinski definition) is 4. The molecule has 0 aliphatic heterocycles. The summed E-state index contributed by atoms with van der Waals surface area (Å²) in [6, 6.07) is 12.6. The largest absolute Gasteiger partial charge is 0.497 e. The van der Waals surface area contributed by atoms with E-state index in [2.05, 4.69) is 39.3 Å². The Hall–Kier alpha value is -3.23. The quantitative estimate of drug-likeness (QED) is 0.118. The summed E-state index contributed by atoms with van der Waals surface area (Å²) < 4.78 is 5.36. The van der Waals surface area contributed by atoms with Crippen LogP contribution in [0.1, 0.15) is 40.4 Å². The van der Waals surface area contributed by atoms with Crippen molar-refractivity contribution >= 4 is 46.1 Å². The molecule has 2 heterocycles. The molecule has 1 unspecified atom stereocenters. The number of halogens is 2. The van der Waals surface area contributed by atoms with Gasteiger partial charge in [0.2, 0.25) is 0 Å². The number of nitrogens with zero attached hydrogens (tertiary/aromatic N) is 1. The number of hydroxylamine groups is 1. The Kier molecular flexibility index (Phi) is 7.58. The molecule has 4 N–H and O–H groups in total. The van der Waals surface area contributed by atoms with E-state index in [1.165, 1.54) is 28.2 Å². The molecule has 5 rings (SSSR count). The van der Waals surface area contributed by atoms with Crippen LogP contribution in [0.3, 0.4) is 0 Å². The molecule has 192 valence electrons. The van der Waals surface area contributed by atoms with Gasteiger partial charge in [-0.15, -0.1) is 0 Å². The second-order valence-corrected chi connectivity index (χ2v) is 9.98. The van der Waals surface area contributed by atoms with Crippen LogP contribution < -0.4 is 10.2 Å². The molecule has 2 aromatic carbocycles. The van der Waals surface area contributed by atoms with Gasteiger partial charge >= 0.3 is 0 Å². The molecule has 1 atom stereocenters. The van der Waals surface area contributed by atoms with Crippen molar-refractivity contribution in [3.63, 3.8) is 0 Å². The number of H-pyrrole nitrogens is 2. The predicted octanol–water partition coefficient (Wildman–Crippen LogP) is 6.06. The molecular formula is C28H28Cl2N4O3. The lowest BCUT2D eigenvalue weighted by Gasteiger charge is -2.29. The molecule has 0 fully saturated rings. The van der Waals surface area contributed by atoms with Crippen molar-refractivity contribution in [2.24, 2.45) is 0 Å². The number of nitrogens with one attached hydrogen (secondary N) is 3. The minimum atomic E-state index is -0.554. The van der Waals surface area contributed by atoms with Crippen LogP contribution in [0.4, 0.5) is 0 Å². The highest BCUT2D eigenvalue weighted by Crippen LogP contribution is 2.38. The van der Waals surface area contributed by atoms with E-state index in [-0.39, 0.29) is 6.04 Å². The summed E-state index contributed by atoms with van der Waals surface area (Å²) in [6.07, 6.45) is 9.60. The molecule has 1 aliphatic carbocycles. The third kappa shape index (κ3) is 5.40. The highest BCUT2D eigenvalue weighted by molar-refractivity contribution is 6.42. The van der Waals surface area contributed by atoms with Crippen molar-refractivity contribution in [2.45, 2.75) is 31.8 Å². The first-order chi connectivity index (χ1) is 18.0. The molecule has 2 aromatic heterocycles. The first kappa shape index (κ1) is 25.4. The molecule has 37 heavy (non-hydrogen) atoms. The van der Waals surface area contributed by atoms with Crippen molar-refractivity contribution < 1.29 is 14.7 Å². The summed E-state index contributed by atoms with van der Waals surface area (Å²) >= 11 is 12.7. The van der Waals surface area contributed by atoms with Gasteiger partial charge in [0.1, 0.15) is 5.75 Å². The van der Waals surface area contributed by atoms with E-state index in [0.717, 1.165) is 48.3 Å². The van der Waals surface area contributed by atoms with Gasteiger partial charge in [-0.2, -0.15) is 0 Å². The van der Waals surface area contributed by atoms with E-state index in [1.807, 2.05) is 18.2 Å². The van der Waals surface area contributed by atoms with Crippen LogP contribution in [0.5, 0.6) is 5.75 Å². The van der Waals surface area contributed by atoms with Gasteiger partial charge in [-0.25, -0.2) is 5.48 Å². The SMILES string of the molecule is COc1ccc2c(CCN(Cc3[nH]cc(Cl)c3Cl)C3CCc4cc(C=CC(=O)NO)ccc43)c[nH]c2c1. The van der Waals surface area contributed by atoms with Gasteiger partial charge in [-0.05, 0) is 59.7 Å². The molecule has 0 saturated carbocycles. The molecule has 7 nitrogen and oxygen atoms in total. The predicted molar refractivity (Wildman–Crippen MR) is 146 cm³/mol. The Bertz CT molecular complexity index is 1460. The third-order valence-corrected chi connectivity index (χ3v) is 7.87. The number of aromatic nitrogens is 2. The topological polar surface area (TPSA) is 93.4 Å².